The summed E-state index contributed by atoms with van der Waals surface area (Å²) in [5.41, 5.74) is 0.834. The first-order valence-electron chi connectivity index (χ1n) is 6.93. The predicted molar refractivity (Wildman–Crippen MR) is 74.8 cm³/mol. The highest BCUT2D eigenvalue weighted by Gasteiger charge is 2.47. The Hall–Kier alpha value is -0.740. The number of halogens is 4. The highest BCUT2D eigenvalue weighted by molar-refractivity contribution is 6.30. The largest absolute Gasteiger partial charge is 0.392 e. The molecule has 0 saturated heterocycles. The monoisotopic (exact) mass is 305 g/mol. The Morgan fingerprint density at radius 2 is 1.95 bits per heavy atom. The van der Waals surface area contributed by atoms with Crippen molar-refractivity contribution in [3.8, 4) is 0 Å². The molecule has 3 unspecified atom stereocenters. The van der Waals surface area contributed by atoms with E-state index in [2.05, 4.69) is 5.32 Å². The van der Waals surface area contributed by atoms with E-state index in [-0.39, 0.29) is 12.5 Å². The van der Waals surface area contributed by atoms with Crippen molar-refractivity contribution < 1.29 is 13.2 Å². The average molecular weight is 306 g/mol. The van der Waals surface area contributed by atoms with Crippen LogP contribution in [0.25, 0.3) is 0 Å². The Bertz CT molecular complexity index is 447. The number of nitrogens with one attached hydrogen (secondary N) is 1. The lowest BCUT2D eigenvalue weighted by atomic mass is 9.73. The number of alkyl halides is 3. The van der Waals surface area contributed by atoms with Crippen molar-refractivity contribution in [1.82, 2.24) is 5.32 Å². The summed E-state index contributed by atoms with van der Waals surface area (Å²) in [7, 11) is 1.72. The Morgan fingerprint density at radius 1 is 1.25 bits per heavy atom. The zero-order valence-corrected chi connectivity index (χ0v) is 12.1. The maximum atomic E-state index is 13.2. The quantitative estimate of drug-likeness (QED) is 0.831. The first kappa shape index (κ1) is 15.6. The Morgan fingerprint density at radius 3 is 2.55 bits per heavy atom. The molecule has 20 heavy (non-hydrogen) atoms. The summed E-state index contributed by atoms with van der Waals surface area (Å²) in [6.07, 6.45) is -1.78. The molecule has 0 aromatic heterocycles. The molecule has 0 amide bonds. The SMILES string of the molecule is CNC(c1cccc(Cl)c1)C1CCCCC1C(F)(F)F. The highest BCUT2D eigenvalue weighted by atomic mass is 35.5. The Labute approximate surface area is 122 Å². The summed E-state index contributed by atoms with van der Waals surface area (Å²) >= 11 is 5.96. The van der Waals surface area contributed by atoms with Crippen LogP contribution in [-0.4, -0.2) is 13.2 Å². The third-order valence-electron chi connectivity index (χ3n) is 4.19. The molecule has 0 aliphatic heterocycles. The van der Waals surface area contributed by atoms with Crippen molar-refractivity contribution in [1.29, 1.82) is 0 Å². The molecule has 2 rings (SSSR count). The summed E-state index contributed by atoms with van der Waals surface area (Å²) in [5, 5.41) is 3.62. The van der Waals surface area contributed by atoms with Gasteiger partial charge in [-0.15, -0.1) is 0 Å². The minimum absolute atomic E-state index is 0.229. The summed E-state index contributed by atoms with van der Waals surface area (Å²) in [6.45, 7) is 0. The van der Waals surface area contributed by atoms with Gasteiger partial charge in [-0.25, -0.2) is 0 Å². The first-order valence-corrected chi connectivity index (χ1v) is 7.30. The molecule has 1 fully saturated rings. The second kappa shape index (κ2) is 6.35. The lowest BCUT2D eigenvalue weighted by Crippen LogP contribution is -2.39. The van der Waals surface area contributed by atoms with Crippen molar-refractivity contribution >= 4 is 11.6 Å². The summed E-state index contributed by atoms with van der Waals surface area (Å²) in [5.74, 6) is -1.65. The maximum absolute atomic E-state index is 13.2. The van der Waals surface area contributed by atoms with Crippen molar-refractivity contribution in [3.63, 3.8) is 0 Å². The van der Waals surface area contributed by atoms with Crippen LogP contribution in [0.15, 0.2) is 24.3 Å². The van der Waals surface area contributed by atoms with Crippen molar-refractivity contribution in [2.45, 2.75) is 37.9 Å². The summed E-state index contributed by atoms with van der Waals surface area (Å²) in [6, 6.07) is 6.81. The van der Waals surface area contributed by atoms with Gasteiger partial charge < -0.3 is 5.32 Å². The van der Waals surface area contributed by atoms with E-state index in [4.69, 9.17) is 11.6 Å². The minimum atomic E-state index is -4.13. The molecule has 3 atom stereocenters. The molecule has 0 radical (unpaired) electrons. The first-order chi connectivity index (χ1) is 9.43. The van der Waals surface area contributed by atoms with E-state index in [1.54, 1.807) is 25.2 Å². The second-order valence-corrected chi connectivity index (χ2v) is 5.85. The molecule has 0 bridgehead atoms. The van der Waals surface area contributed by atoms with Crippen LogP contribution in [0.2, 0.25) is 5.02 Å². The van der Waals surface area contributed by atoms with Crippen LogP contribution >= 0.6 is 11.6 Å². The normalized spacial score (nSPS) is 25.4. The third-order valence-corrected chi connectivity index (χ3v) is 4.42. The van der Waals surface area contributed by atoms with Gasteiger partial charge in [0.25, 0.3) is 0 Å². The van der Waals surface area contributed by atoms with Crippen molar-refractivity contribution in [2.24, 2.45) is 11.8 Å². The van der Waals surface area contributed by atoms with Gasteiger partial charge >= 0.3 is 6.18 Å². The van der Waals surface area contributed by atoms with Gasteiger partial charge in [-0.1, -0.05) is 36.6 Å². The molecule has 1 aliphatic rings. The fraction of sp³-hybridized carbons (Fsp3) is 0.600. The molecule has 1 aliphatic carbocycles. The van der Waals surface area contributed by atoms with Crippen LogP contribution < -0.4 is 5.32 Å². The molecule has 0 spiro atoms. The van der Waals surface area contributed by atoms with Gasteiger partial charge in [0, 0.05) is 11.1 Å². The molecule has 1 aromatic carbocycles. The number of benzene rings is 1. The van der Waals surface area contributed by atoms with Crippen LogP contribution in [0, 0.1) is 11.8 Å². The number of rotatable bonds is 3. The Balaban J connectivity index is 2.29. The van der Waals surface area contributed by atoms with E-state index in [0.717, 1.165) is 12.0 Å². The Kier molecular flexibility index (Phi) is 4.97. The predicted octanol–water partition coefficient (Wildman–Crippen LogP) is 4.97. The topological polar surface area (TPSA) is 12.0 Å². The van der Waals surface area contributed by atoms with Crippen LogP contribution in [0.3, 0.4) is 0 Å². The van der Waals surface area contributed by atoms with E-state index < -0.39 is 18.0 Å². The lowest BCUT2D eigenvalue weighted by Gasteiger charge is -2.38. The lowest BCUT2D eigenvalue weighted by molar-refractivity contribution is -0.199. The van der Waals surface area contributed by atoms with Crippen LogP contribution in [-0.2, 0) is 0 Å². The second-order valence-electron chi connectivity index (χ2n) is 5.42. The fourth-order valence-corrected chi connectivity index (χ4v) is 3.49. The van der Waals surface area contributed by atoms with Gasteiger partial charge in [0.1, 0.15) is 0 Å². The van der Waals surface area contributed by atoms with Gasteiger partial charge in [-0.3, -0.25) is 0 Å². The summed E-state index contributed by atoms with van der Waals surface area (Å²) < 4.78 is 39.7. The van der Waals surface area contributed by atoms with E-state index in [1.165, 1.54) is 0 Å². The molecule has 1 aromatic rings. The van der Waals surface area contributed by atoms with E-state index in [1.807, 2.05) is 6.07 Å². The van der Waals surface area contributed by atoms with Crippen LogP contribution in [0.1, 0.15) is 37.3 Å². The van der Waals surface area contributed by atoms with Crippen molar-refractivity contribution in [3.05, 3.63) is 34.9 Å². The average Bonchev–Trinajstić information content (AvgIpc) is 2.39. The third kappa shape index (κ3) is 3.47. The van der Waals surface area contributed by atoms with Crippen LogP contribution in [0.5, 0.6) is 0 Å². The molecular weight excluding hydrogens is 287 g/mol. The van der Waals surface area contributed by atoms with Gasteiger partial charge in [0.15, 0.2) is 0 Å². The molecule has 0 heterocycles. The van der Waals surface area contributed by atoms with Gasteiger partial charge in [0.2, 0.25) is 0 Å². The zero-order chi connectivity index (χ0) is 14.8. The standard InChI is InChI=1S/C15H19ClF3N/c1-20-14(10-5-4-6-11(16)9-10)12-7-2-3-8-13(12)15(17,18)19/h4-6,9,12-14,20H,2-3,7-8H2,1H3. The molecule has 1 N–H and O–H groups in total. The van der Waals surface area contributed by atoms with E-state index in [0.29, 0.717) is 17.9 Å². The number of hydrogen-bond donors (Lipinski definition) is 1. The fourth-order valence-electron chi connectivity index (χ4n) is 3.29. The molecular formula is C15H19ClF3N. The number of hydrogen-bond acceptors (Lipinski definition) is 1. The zero-order valence-electron chi connectivity index (χ0n) is 11.4. The minimum Gasteiger partial charge on any atom is -0.313 e. The molecule has 1 saturated carbocycles. The van der Waals surface area contributed by atoms with Gasteiger partial charge in [-0.2, -0.15) is 13.2 Å². The molecule has 5 heteroatoms. The highest BCUT2D eigenvalue weighted by Crippen LogP contribution is 2.46. The van der Waals surface area contributed by atoms with Crippen LogP contribution in [0.4, 0.5) is 13.2 Å². The van der Waals surface area contributed by atoms with E-state index >= 15 is 0 Å². The molecule has 112 valence electrons. The maximum Gasteiger partial charge on any atom is 0.392 e. The van der Waals surface area contributed by atoms with E-state index in [9.17, 15) is 13.2 Å². The van der Waals surface area contributed by atoms with Crippen molar-refractivity contribution in [2.75, 3.05) is 7.05 Å². The smallest absolute Gasteiger partial charge is 0.313 e. The summed E-state index contributed by atoms with van der Waals surface area (Å²) in [4.78, 5) is 0. The van der Waals surface area contributed by atoms with Gasteiger partial charge in [-0.05, 0) is 43.5 Å². The van der Waals surface area contributed by atoms with Gasteiger partial charge in [0.05, 0.1) is 5.92 Å². The molecule has 1 nitrogen and oxygen atoms in total.